The number of carbonyl (C=O) groups excluding carboxylic acids is 3. The molecular formula is C20H18N2O5. The topological polar surface area (TPSA) is 84.9 Å². The Morgan fingerprint density at radius 3 is 2.81 bits per heavy atom. The van der Waals surface area contributed by atoms with Gasteiger partial charge in [-0.3, -0.25) is 14.5 Å². The summed E-state index contributed by atoms with van der Waals surface area (Å²) < 4.78 is 10.6. The number of benzene rings is 2. The zero-order valence-electron chi connectivity index (χ0n) is 14.7. The highest BCUT2D eigenvalue weighted by Crippen LogP contribution is 2.38. The second-order valence-corrected chi connectivity index (χ2v) is 6.42. The summed E-state index contributed by atoms with van der Waals surface area (Å²) in [5.41, 5.74) is 1.61. The third kappa shape index (κ3) is 3.01. The first kappa shape index (κ1) is 17.1. The van der Waals surface area contributed by atoms with Crippen molar-refractivity contribution in [3.63, 3.8) is 0 Å². The van der Waals surface area contributed by atoms with Crippen molar-refractivity contribution in [1.82, 2.24) is 4.90 Å². The van der Waals surface area contributed by atoms with E-state index in [0.717, 1.165) is 0 Å². The Morgan fingerprint density at radius 1 is 1.19 bits per heavy atom. The first-order valence-electron chi connectivity index (χ1n) is 8.64. The van der Waals surface area contributed by atoms with E-state index in [1.807, 2.05) is 0 Å². The second-order valence-electron chi connectivity index (χ2n) is 6.42. The summed E-state index contributed by atoms with van der Waals surface area (Å²) in [6.45, 7) is 0. The van der Waals surface area contributed by atoms with Crippen LogP contribution in [0.25, 0.3) is 0 Å². The first-order valence-corrected chi connectivity index (χ1v) is 8.64. The predicted molar refractivity (Wildman–Crippen MR) is 96.1 cm³/mol. The van der Waals surface area contributed by atoms with Crippen molar-refractivity contribution in [1.29, 1.82) is 0 Å². The highest BCUT2D eigenvalue weighted by Gasteiger charge is 2.46. The lowest BCUT2D eigenvalue weighted by Gasteiger charge is -2.29. The fraction of sp³-hybridized carbons (Fsp3) is 0.250. The van der Waals surface area contributed by atoms with Gasteiger partial charge in [0.15, 0.2) is 0 Å². The lowest BCUT2D eigenvalue weighted by atomic mass is 10.1. The minimum absolute atomic E-state index is 0.213. The fourth-order valence-electron chi connectivity index (χ4n) is 3.51. The Balaban J connectivity index is 1.58. The standard InChI is InChI=1S/C20H18N2O5/c1-26-13-6-4-5-12(11-13)21-18(24)16-9-10-17(23)22(16)19-14-7-2-3-8-15(14)20(25)27-19/h2-8,11,16,19H,9-10H2,1H3,(H,21,24)/t16-,19?/m0/s1. The number of hydrogen-bond donors (Lipinski definition) is 1. The van der Waals surface area contributed by atoms with Crippen molar-refractivity contribution in [2.45, 2.75) is 25.1 Å². The lowest BCUT2D eigenvalue weighted by molar-refractivity contribution is -0.144. The Bertz CT molecular complexity index is 926. The van der Waals surface area contributed by atoms with E-state index in [2.05, 4.69) is 5.32 Å². The zero-order valence-corrected chi connectivity index (χ0v) is 14.7. The molecule has 0 bridgehead atoms. The van der Waals surface area contributed by atoms with Crippen molar-refractivity contribution in [2.75, 3.05) is 12.4 Å². The number of ether oxygens (including phenoxy) is 2. The molecule has 1 saturated heterocycles. The summed E-state index contributed by atoms with van der Waals surface area (Å²) in [6.07, 6.45) is -0.276. The number of anilines is 1. The number of likely N-dealkylation sites (tertiary alicyclic amines) is 1. The van der Waals surface area contributed by atoms with Crippen molar-refractivity contribution in [3.8, 4) is 5.75 Å². The number of fused-ring (bicyclic) bond motifs is 1. The van der Waals surface area contributed by atoms with Gasteiger partial charge in [-0.15, -0.1) is 0 Å². The molecule has 0 aromatic heterocycles. The zero-order chi connectivity index (χ0) is 19.0. The molecule has 2 aromatic carbocycles. The average Bonchev–Trinajstić information content (AvgIpc) is 3.22. The number of esters is 1. The molecule has 2 aromatic rings. The van der Waals surface area contributed by atoms with Gasteiger partial charge in [0, 0.05) is 23.7 Å². The van der Waals surface area contributed by atoms with Crippen LogP contribution < -0.4 is 10.1 Å². The maximum absolute atomic E-state index is 12.8. The summed E-state index contributed by atoms with van der Waals surface area (Å²) in [5, 5.41) is 2.81. The molecule has 2 atom stereocenters. The van der Waals surface area contributed by atoms with Crippen LogP contribution in [0.4, 0.5) is 5.69 Å². The molecule has 0 spiro atoms. The van der Waals surface area contributed by atoms with Gasteiger partial charge in [-0.2, -0.15) is 0 Å². The molecule has 138 valence electrons. The van der Waals surface area contributed by atoms with E-state index in [-0.39, 0.29) is 18.2 Å². The maximum Gasteiger partial charge on any atom is 0.340 e. The Hall–Kier alpha value is -3.35. The molecule has 1 fully saturated rings. The van der Waals surface area contributed by atoms with E-state index in [4.69, 9.17) is 9.47 Å². The van der Waals surface area contributed by atoms with Crippen molar-refractivity contribution in [3.05, 3.63) is 59.7 Å². The number of carbonyl (C=O) groups is 3. The summed E-state index contributed by atoms with van der Waals surface area (Å²) in [4.78, 5) is 38.8. The first-order chi connectivity index (χ1) is 13.1. The van der Waals surface area contributed by atoms with Crippen LogP contribution in [0, 0.1) is 0 Å². The molecule has 0 radical (unpaired) electrons. The highest BCUT2D eigenvalue weighted by molar-refractivity contribution is 6.00. The van der Waals surface area contributed by atoms with E-state index in [1.165, 1.54) is 4.90 Å². The van der Waals surface area contributed by atoms with Gasteiger partial charge in [0.05, 0.1) is 12.7 Å². The number of amides is 2. The Labute approximate surface area is 155 Å². The molecule has 0 saturated carbocycles. The molecule has 2 aliphatic rings. The largest absolute Gasteiger partial charge is 0.497 e. The Morgan fingerprint density at radius 2 is 2.00 bits per heavy atom. The van der Waals surface area contributed by atoms with Crippen LogP contribution in [0.2, 0.25) is 0 Å². The quantitative estimate of drug-likeness (QED) is 0.841. The van der Waals surface area contributed by atoms with E-state index >= 15 is 0 Å². The molecule has 7 nitrogen and oxygen atoms in total. The van der Waals surface area contributed by atoms with Gasteiger partial charge in [0.2, 0.25) is 18.0 Å². The number of nitrogens with zero attached hydrogens (tertiary/aromatic N) is 1. The third-order valence-electron chi connectivity index (χ3n) is 4.81. The molecule has 1 unspecified atom stereocenters. The minimum Gasteiger partial charge on any atom is -0.497 e. The molecular weight excluding hydrogens is 348 g/mol. The van der Waals surface area contributed by atoms with Gasteiger partial charge in [-0.25, -0.2) is 4.79 Å². The molecule has 2 aliphatic heterocycles. The summed E-state index contributed by atoms with van der Waals surface area (Å²) >= 11 is 0. The fourth-order valence-corrected chi connectivity index (χ4v) is 3.51. The van der Waals surface area contributed by atoms with Gasteiger partial charge < -0.3 is 14.8 Å². The monoisotopic (exact) mass is 366 g/mol. The van der Waals surface area contributed by atoms with E-state index < -0.39 is 18.2 Å². The molecule has 2 heterocycles. The molecule has 2 amide bonds. The van der Waals surface area contributed by atoms with Crippen LogP contribution in [0.3, 0.4) is 0 Å². The van der Waals surface area contributed by atoms with Gasteiger partial charge in [0.1, 0.15) is 11.8 Å². The predicted octanol–water partition coefficient (Wildman–Crippen LogP) is 2.49. The minimum atomic E-state index is -0.871. The maximum atomic E-state index is 12.8. The smallest absolute Gasteiger partial charge is 0.340 e. The number of rotatable bonds is 4. The van der Waals surface area contributed by atoms with Gasteiger partial charge >= 0.3 is 5.97 Å². The van der Waals surface area contributed by atoms with Crippen LogP contribution >= 0.6 is 0 Å². The molecule has 7 heteroatoms. The van der Waals surface area contributed by atoms with Crippen molar-refractivity contribution in [2.24, 2.45) is 0 Å². The van der Waals surface area contributed by atoms with Gasteiger partial charge in [0.25, 0.3) is 0 Å². The van der Waals surface area contributed by atoms with Crippen molar-refractivity contribution < 1.29 is 23.9 Å². The number of hydrogen-bond acceptors (Lipinski definition) is 5. The SMILES string of the molecule is COc1cccc(NC(=O)[C@@H]2CCC(=O)N2C2OC(=O)c3ccccc32)c1. The molecule has 0 aliphatic carbocycles. The van der Waals surface area contributed by atoms with E-state index in [1.54, 1.807) is 55.6 Å². The number of methoxy groups -OCH3 is 1. The molecule has 1 N–H and O–H groups in total. The van der Waals surface area contributed by atoms with Crippen LogP contribution in [0.5, 0.6) is 5.75 Å². The second kappa shape index (κ2) is 6.75. The summed E-state index contributed by atoms with van der Waals surface area (Å²) in [7, 11) is 1.55. The average molecular weight is 366 g/mol. The highest BCUT2D eigenvalue weighted by atomic mass is 16.6. The van der Waals surface area contributed by atoms with Crippen LogP contribution in [-0.2, 0) is 14.3 Å². The summed E-state index contributed by atoms with van der Waals surface area (Å²) in [6, 6.07) is 13.2. The van der Waals surface area contributed by atoms with Crippen molar-refractivity contribution >= 4 is 23.5 Å². The summed E-state index contributed by atoms with van der Waals surface area (Å²) in [5.74, 6) is -0.405. The van der Waals surface area contributed by atoms with E-state index in [0.29, 0.717) is 29.0 Å². The normalized spacial score (nSPS) is 21.0. The Kier molecular flexibility index (Phi) is 4.27. The van der Waals surface area contributed by atoms with Crippen LogP contribution in [0.1, 0.15) is 35.0 Å². The molecule has 27 heavy (non-hydrogen) atoms. The third-order valence-corrected chi connectivity index (χ3v) is 4.81. The lowest BCUT2D eigenvalue weighted by Crippen LogP contribution is -2.43. The molecule has 4 rings (SSSR count). The van der Waals surface area contributed by atoms with Gasteiger partial charge in [-0.05, 0) is 24.6 Å². The van der Waals surface area contributed by atoms with Crippen LogP contribution in [-0.4, -0.2) is 35.8 Å². The van der Waals surface area contributed by atoms with E-state index in [9.17, 15) is 14.4 Å². The van der Waals surface area contributed by atoms with Crippen LogP contribution in [0.15, 0.2) is 48.5 Å². The van der Waals surface area contributed by atoms with Gasteiger partial charge in [-0.1, -0.05) is 24.3 Å². The number of cyclic esters (lactones) is 1. The number of nitrogens with one attached hydrogen (secondary N) is 1.